The molecule has 0 fully saturated rings. The van der Waals surface area contributed by atoms with E-state index in [0.29, 0.717) is 5.69 Å². The van der Waals surface area contributed by atoms with Gasteiger partial charge in [0.1, 0.15) is 5.69 Å². The summed E-state index contributed by atoms with van der Waals surface area (Å²) >= 11 is 3.24. The second-order valence-corrected chi connectivity index (χ2v) is 5.41. The summed E-state index contributed by atoms with van der Waals surface area (Å²) in [7, 11) is 1.68. The van der Waals surface area contributed by atoms with Crippen LogP contribution in [0.3, 0.4) is 0 Å². The van der Waals surface area contributed by atoms with Crippen LogP contribution in [-0.2, 0) is 19.8 Å². The highest BCUT2D eigenvalue weighted by Crippen LogP contribution is 2.31. The summed E-state index contributed by atoms with van der Waals surface area (Å²) in [5.74, 6) is -0.430. The Bertz CT molecular complexity index is 664. The van der Waals surface area contributed by atoms with Crippen LogP contribution in [0.15, 0.2) is 41.0 Å². The summed E-state index contributed by atoms with van der Waals surface area (Å²) in [4.78, 5) is 12.0. The number of aryl methyl sites for hydroxylation is 1. The molecule has 1 aromatic carbocycles. The van der Waals surface area contributed by atoms with Crippen molar-refractivity contribution in [2.75, 3.05) is 0 Å². The number of benzene rings is 1. The fourth-order valence-corrected chi connectivity index (χ4v) is 2.49. The standard InChI is InChI=1S/C14H12BrF3N2O/c1-20-8-10(15)6-12(20)13(21)19-7-9-4-2-3-5-11(9)14(16,17)18/h2-6,8H,7H2,1H3,(H,19,21). The Kier molecular flexibility index (Phi) is 4.41. The molecule has 21 heavy (non-hydrogen) atoms. The highest BCUT2D eigenvalue weighted by molar-refractivity contribution is 9.10. The number of nitrogens with one attached hydrogen (secondary N) is 1. The van der Waals surface area contributed by atoms with E-state index < -0.39 is 17.6 Å². The zero-order valence-corrected chi connectivity index (χ0v) is 12.6. The van der Waals surface area contributed by atoms with E-state index >= 15 is 0 Å². The number of aromatic nitrogens is 1. The molecular formula is C14H12BrF3N2O. The summed E-state index contributed by atoms with van der Waals surface area (Å²) < 4.78 is 40.8. The lowest BCUT2D eigenvalue weighted by atomic mass is 10.1. The van der Waals surface area contributed by atoms with Crippen LogP contribution in [0.5, 0.6) is 0 Å². The molecule has 0 atom stereocenters. The summed E-state index contributed by atoms with van der Waals surface area (Å²) in [6, 6.07) is 6.79. The lowest BCUT2D eigenvalue weighted by molar-refractivity contribution is -0.138. The minimum atomic E-state index is -4.44. The molecule has 1 heterocycles. The highest BCUT2D eigenvalue weighted by atomic mass is 79.9. The monoisotopic (exact) mass is 360 g/mol. The van der Waals surface area contributed by atoms with Crippen LogP contribution in [0.25, 0.3) is 0 Å². The first-order valence-corrected chi connectivity index (χ1v) is 6.83. The van der Waals surface area contributed by atoms with E-state index in [2.05, 4.69) is 21.2 Å². The van der Waals surface area contributed by atoms with Crippen LogP contribution in [0.2, 0.25) is 0 Å². The fraction of sp³-hybridized carbons (Fsp3) is 0.214. The predicted octanol–water partition coefficient (Wildman–Crippen LogP) is 3.74. The number of amides is 1. The first-order chi connectivity index (χ1) is 9.79. The van der Waals surface area contributed by atoms with E-state index in [1.165, 1.54) is 18.2 Å². The number of halogens is 4. The Morgan fingerprint density at radius 3 is 2.57 bits per heavy atom. The third-order valence-corrected chi connectivity index (χ3v) is 3.40. The van der Waals surface area contributed by atoms with Gasteiger partial charge in [0.15, 0.2) is 0 Å². The van der Waals surface area contributed by atoms with Gasteiger partial charge in [0.05, 0.1) is 5.56 Å². The van der Waals surface area contributed by atoms with E-state index in [1.807, 2.05) is 0 Å². The summed E-state index contributed by atoms with van der Waals surface area (Å²) in [6.07, 6.45) is -2.74. The Morgan fingerprint density at radius 1 is 1.33 bits per heavy atom. The number of hydrogen-bond acceptors (Lipinski definition) is 1. The smallest absolute Gasteiger partial charge is 0.347 e. The molecule has 0 bridgehead atoms. The van der Waals surface area contributed by atoms with Gasteiger partial charge < -0.3 is 9.88 Å². The molecule has 0 aliphatic heterocycles. The number of carbonyl (C=O) groups is 1. The van der Waals surface area contributed by atoms with Crippen molar-refractivity contribution in [1.82, 2.24) is 9.88 Å². The molecule has 0 saturated heterocycles. The van der Waals surface area contributed by atoms with Gasteiger partial charge in [-0.25, -0.2) is 0 Å². The average molecular weight is 361 g/mol. The highest BCUT2D eigenvalue weighted by Gasteiger charge is 2.32. The molecule has 112 valence electrons. The third-order valence-electron chi connectivity index (χ3n) is 2.97. The van der Waals surface area contributed by atoms with Crippen molar-refractivity contribution >= 4 is 21.8 Å². The molecule has 2 aromatic rings. The predicted molar refractivity (Wildman–Crippen MR) is 75.7 cm³/mol. The van der Waals surface area contributed by atoms with Gasteiger partial charge in [-0.15, -0.1) is 0 Å². The van der Waals surface area contributed by atoms with Crippen molar-refractivity contribution in [1.29, 1.82) is 0 Å². The molecule has 2 rings (SSSR count). The zero-order chi connectivity index (χ0) is 15.6. The van der Waals surface area contributed by atoms with E-state index in [1.54, 1.807) is 23.9 Å². The first-order valence-electron chi connectivity index (χ1n) is 6.04. The van der Waals surface area contributed by atoms with E-state index in [0.717, 1.165) is 10.5 Å². The van der Waals surface area contributed by atoms with E-state index in [-0.39, 0.29) is 12.1 Å². The second kappa shape index (κ2) is 5.93. The van der Waals surface area contributed by atoms with Crippen LogP contribution in [0.1, 0.15) is 21.6 Å². The number of rotatable bonds is 3. The Balaban J connectivity index is 2.14. The normalized spacial score (nSPS) is 11.5. The van der Waals surface area contributed by atoms with Gasteiger partial charge in [-0.05, 0) is 33.6 Å². The molecule has 1 amide bonds. The second-order valence-electron chi connectivity index (χ2n) is 4.49. The van der Waals surface area contributed by atoms with Crippen molar-refractivity contribution in [2.24, 2.45) is 7.05 Å². The molecule has 0 spiro atoms. The quantitative estimate of drug-likeness (QED) is 0.888. The maximum absolute atomic E-state index is 12.8. The van der Waals surface area contributed by atoms with Gasteiger partial charge >= 0.3 is 6.18 Å². The average Bonchev–Trinajstić information content (AvgIpc) is 2.74. The summed E-state index contributed by atoms with van der Waals surface area (Å²) in [5.41, 5.74) is -0.337. The van der Waals surface area contributed by atoms with Gasteiger partial charge in [0.25, 0.3) is 5.91 Å². The Hall–Kier alpha value is -1.76. The summed E-state index contributed by atoms with van der Waals surface area (Å²) in [6.45, 7) is -0.183. The molecule has 3 nitrogen and oxygen atoms in total. The molecule has 0 unspecified atom stereocenters. The van der Waals surface area contributed by atoms with Gasteiger partial charge in [0, 0.05) is 24.3 Å². The molecule has 7 heteroatoms. The Morgan fingerprint density at radius 2 is 2.00 bits per heavy atom. The van der Waals surface area contributed by atoms with Crippen LogP contribution in [0.4, 0.5) is 13.2 Å². The minimum absolute atomic E-state index is 0.0339. The van der Waals surface area contributed by atoms with Crippen LogP contribution in [-0.4, -0.2) is 10.5 Å². The topological polar surface area (TPSA) is 34.0 Å². The molecule has 1 aromatic heterocycles. The van der Waals surface area contributed by atoms with E-state index in [9.17, 15) is 18.0 Å². The number of hydrogen-bond donors (Lipinski definition) is 1. The van der Waals surface area contributed by atoms with Crippen molar-refractivity contribution in [3.63, 3.8) is 0 Å². The number of alkyl halides is 3. The van der Waals surface area contributed by atoms with Crippen LogP contribution in [0, 0.1) is 0 Å². The zero-order valence-electron chi connectivity index (χ0n) is 11.0. The van der Waals surface area contributed by atoms with Crippen molar-refractivity contribution in [2.45, 2.75) is 12.7 Å². The lowest BCUT2D eigenvalue weighted by Gasteiger charge is -2.13. The third kappa shape index (κ3) is 3.66. The van der Waals surface area contributed by atoms with Crippen molar-refractivity contribution in [3.8, 4) is 0 Å². The van der Waals surface area contributed by atoms with Crippen molar-refractivity contribution < 1.29 is 18.0 Å². The lowest BCUT2D eigenvalue weighted by Crippen LogP contribution is -2.26. The SMILES string of the molecule is Cn1cc(Br)cc1C(=O)NCc1ccccc1C(F)(F)F. The fourth-order valence-electron chi connectivity index (χ4n) is 1.97. The molecule has 0 aliphatic rings. The molecule has 0 aliphatic carbocycles. The molecule has 0 radical (unpaired) electrons. The van der Waals surface area contributed by atoms with E-state index in [4.69, 9.17) is 0 Å². The largest absolute Gasteiger partial charge is 0.416 e. The molecular weight excluding hydrogens is 349 g/mol. The molecule has 0 saturated carbocycles. The molecule has 1 N–H and O–H groups in total. The van der Waals surface area contributed by atoms with Gasteiger partial charge in [-0.3, -0.25) is 4.79 Å². The maximum atomic E-state index is 12.8. The summed E-state index contributed by atoms with van der Waals surface area (Å²) in [5, 5.41) is 2.50. The first kappa shape index (κ1) is 15.6. The van der Waals surface area contributed by atoms with Gasteiger partial charge in [-0.1, -0.05) is 18.2 Å². The van der Waals surface area contributed by atoms with Crippen molar-refractivity contribution in [3.05, 3.63) is 57.8 Å². The Labute approximate surface area is 127 Å². The van der Waals surface area contributed by atoms with Crippen LogP contribution < -0.4 is 5.32 Å². The van der Waals surface area contributed by atoms with Gasteiger partial charge in [-0.2, -0.15) is 13.2 Å². The van der Waals surface area contributed by atoms with Gasteiger partial charge in [0.2, 0.25) is 0 Å². The number of carbonyl (C=O) groups excluding carboxylic acids is 1. The minimum Gasteiger partial charge on any atom is -0.347 e. The number of nitrogens with zero attached hydrogens (tertiary/aromatic N) is 1. The van der Waals surface area contributed by atoms with Crippen LogP contribution >= 0.6 is 15.9 Å². The maximum Gasteiger partial charge on any atom is 0.416 e.